The number of nitrogens with one attached hydrogen (secondary N) is 3. The maximum absolute atomic E-state index is 12.5. The van der Waals surface area contributed by atoms with Gasteiger partial charge in [-0.25, -0.2) is 4.79 Å². The fourth-order valence-electron chi connectivity index (χ4n) is 2.53. The normalized spacial score (nSPS) is 14.3. The number of primary amides is 1. The van der Waals surface area contributed by atoms with Crippen molar-refractivity contribution < 1.29 is 39.0 Å². The summed E-state index contributed by atoms with van der Waals surface area (Å²) in [6.07, 6.45) is 0.00359. The molecule has 0 bridgehead atoms. The first kappa shape index (κ1) is 28.7. The largest absolute Gasteiger partial charge is 0.481 e. The van der Waals surface area contributed by atoms with Gasteiger partial charge in [-0.15, -0.1) is 0 Å². The van der Waals surface area contributed by atoms with Crippen molar-refractivity contribution in [3.05, 3.63) is 0 Å². The first-order valence-corrected chi connectivity index (χ1v) is 9.98. The van der Waals surface area contributed by atoms with Gasteiger partial charge in [-0.3, -0.25) is 24.0 Å². The third-order valence-electron chi connectivity index (χ3n) is 4.36. The van der Waals surface area contributed by atoms with Crippen LogP contribution in [0, 0.1) is 0 Å². The molecule has 14 nitrogen and oxygen atoms in total. The Hall–Kier alpha value is -3.26. The van der Waals surface area contributed by atoms with Gasteiger partial charge in [-0.1, -0.05) is 0 Å². The van der Waals surface area contributed by atoms with Gasteiger partial charge in [0.25, 0.3) is 0 Å². The SMILES string of the molecule is CC(NC(=O)C(N)CCC(=O)O)C(=O)NC(CCCCN)C(=O)NC(CC(N)=O)C(=O)O. The number of nitrogens with two attached hydrogens (primary N) is 3. The van der Waals surface area contributed by atoms with E-state index in [9.17, 15) is 28.8 Å². The lowest BCUT2D eigenvalue weighted by Crippen LogP contribution is -2.56. The summed E-state index contributed by atoms with van der Waals surface area (Å²) < 4.78 is 0. The summed E-state index contributed by atoms with van der Waals surface area (Å²) in [5.74, 6) is -5.87. The second kappa shape index (κ2) is 14.7. The average molecular weight is 460 g/mol. The maximum Gasteiger partial charge on any atom is 0.326 e. The Balaban J connectivity index is 5.10. The van der Waals surface area contributed by atoms with Gasteiger partial charge < -0.3 is 43.4 Å². The molecule has 14 heteroatoms. The molecule has 4 amide bonds. The highest BCUT2D eigenvalue weighted by Crippen LogP contribution is 2.04. The van der Waals surface area contributed by atoms with E-state index in [2.05, 4.69) is 16.0 Å². The molecule has 11 N–H and O–H groups in total. The van der Waals surface area contributed by atoms with Crippen LogP contribution < -0.4 is 33.2 Å². The Bertz CT molecular complexity index is 701. The number of aliphatic carboxylic acids is 2. The molecule has 0 spiro atoms. The Labute approximate surface area is 184 Å². The standard InChI is InChI=1S/C18H32N6O8/c1-9(22-16(29)10(20)5-6-14(26)27)15(28)23-11(4-2-3-7-19)17(30)24-12(18(31)32)8-13(21)25/h9-12H,2-8,19-20H2,1H3,(H2,21,25)(H,22,29)(H,23,28)(H,24,30)(H,26,27)(H,31,32). The Morgan fingerprint density at radius 1 is 0.844 bits per heavy atom. The first-order chi connectivity index (χ1) is 14.9. The number of carboxylic acids is 2. The van der Waals surface area contributed by atoms with E-state index in [0.717, 1.165) is 0 Å². The van der Waals surface area contributed by atoms with Crippen LogP contribution in [0.25, 0.3) is 0 Å². The number of carbonyl (C=O) groups is 6. The van der Waals surface area contributed by atoms with Crippen molar-refractivity contribution in [3.63, 3.8) is 0 Å². The van der Waals surface area contributed by atoms with Crippen LogP contribution >= 0.6 is 0 Å². The molecule has 0 aromatic rings. The topological polar surface area (TPSA) is 257 Å². The predicted molar refractivity (Wildman–Crippen MR) is 111 cm³/mol. The van der Waals surface area contributed by atoms with Crippen molar-refractivity contribution in [2.75, 3.05) is 6.54 Å². The summed E-state index contributed by atoms with van der Waals surface area (Å²) in [6.45, 7) is 1.67. The second-order valence-corrected chi connectivity index (χ2v) is 7.18. The minimum atomic E-state index is -1.57. The van der Waals surface area contributed by atoms with Gasteiger partial charge in [0.1, 0.15) is 18.1 Å². The maximum atomic E-state index is 12.5. The minimum absolute atomic E-state index is 0.122. The molecule has 0 rings (SSSR count). The van der Waals surface area contributed by atoms with Crippen molar-refractivity contribution in [2.24, 2.45) is 17.2 Å². The minimum Gasteiger partial charge on any atom is -0.481 e. The molecule has 0 heterocycles. The number of hydrogen-bond donors (Lipinski definition) is 8. The molecule has 0 saturated heterocycles. The number of amides is 4. The quantitative estimate of drug-likeness (QED) is 0.107. The van der Waals surface area contributed by atoms with E-state index in [4.69, 9.17) is 27.4 Å². The van der Waals surface area contributed by atoms with Gasteiger partial charge in [0.15, 0.2) is 0 Å². The van der Waals surface area contributed by atoms with Gasteiger partial charge in [0.2, 0.25) is 23.6 Å². The van der Waals surface area contributed by atoms with Gasteiger partial charge in [-0.05, 0) is 39.2 Å². The number of hydrogen-bond acceptors (Lipinski definition) is 8. The van der Waals surface area contributed by atoms with Crippen molar-refractivity contribution >= 4 is 35.6 Å². The smallest absolute Gasteiger partial charge is 0.326 e. The molecule has 4 atom stereocenters. The number of rotatable bonds is 16. The highest BCUT2D eigenvalue weighted by molar-refractivity contribution is 5.94. The van der Waals surface area contributed by atoms with Gasteiger partial charge in [-0.2, -0.15) is 0 Å². The van der Waals surface area contributed by atoms with Crippen LogP contribution in [0.3, 0.4) is 0 Å². The third-order valence-corrected chi connectivity index (χ3v) is 4.36. The summed E-state index contributed by atoms with van der Waals surface area (Å²) in [4.78, 5) is 69.8. The zero-order chi connectivity index (χ0) is 24.8. The third kappa shape index (κ3) is 11.8. The number of unbranched alkanes of at least 4 members (excludes halogenated alkanes) is 1. The van der Waals surface area contributed by atoms with E-state index in [1.165, 1.54) is 6.92 Å². The Morgan fingerprint density at radius 3 is 1.94 bits per heavy atom. The number of carboxylic acid groups (broad SMARTS) is 2. The molecule has 0 aliphatic heterocycles. The van der Waals surface area contributed by atoms with E-state index in [0.29, 0.717) is 19.4 Å². The molecule has 0 fully saturated rings. The molecular weight excluding hydrogens is 428 g/mol. The van der Waals surface area contributed by atoms with E-state index >= 15 is 0 Å². The number of carbonyl (C=O) groups excluding carboxylic acids is 4. The van der Waals surface area contributed by atoms with Crippen LogP contribution in [-0.4, -0.2) is 76.5 Å². The molecular formula is C18H32N6O8. The van der Waals surface area contributed by atoms with Crippen LogP contribution in [0.4, 0.5) is 0 Å². The summed E-state index contributed by atoms with van der Waals surface area (Å²) in [6, 6.07) is -5.00. The van der Waals surface area contributed by atoms with Gasteiger partial charge in [0.05, 0.1) is 12.5 Å². The van der Waals surface area contributed by atoms with Gasteiger partial charge >= 0.3 is 11.9 Å². The van der Waals surface area contributed by atoms with E-state index < -0.39 is 66.2 Å². The second-order valence-electron chi connectivity index (χ2n) is 7.18. The van der Waals surface area contributed by atoms with Crippen LogP contribution in [0.15, 0.2) is 0 Å². The fraction of sp³-hybridized carbons (Fsp3) is 0.667. The highest BCUT2D eigenvalue weighted by atomic mass is 16.4. The zero-order valence-electron chi connectivity index (χ0n) is 17.8. The van der Waals surface area contributed by atoms with Crippen molar-refractivity contribution in [1.29, 1.82) is 0 Å². The van der Waals surface area contributed by atoms with Crippen LogP contribution in [-0.2, 0) is 28.8 Å². The highest BCUT2D eigenvalue weighted by Gasteiger charge is 2.29. The van der Waals surface area contributed by atoms with E-state index in [-0.39, 0.29) is 19.3 Å². The molecule has 0 aliphatic carbocycles. The van der Waals surface area contributed by atoms with Crippen molar-refractivity contribution in [3.8, 4) is 0 Å². The average Bonchev–Trinajstić information content (AvgIpc) is 2.69. The lowest BCUT2D eigenvalue weighted by Gasteiger charge is -2.23. The van der Waals surface area contributed by atoms with Crippen molar-refractivity contribution in [2.45, 2.75) is 69.6 Å². The summed E-state index contributed by atoms with van der Waals surface area (Å²) in [7, 11) is 0. The molecule has 0 aromatic carbocycles. The van der Waals surface area contributed by atoms with E-state index in [1.807, 2.05) is 0 Å². The summed E-state index contributed by atoms with van der Waals surface area (Å²) in [5.41, 5.74) is 16.0. The molecule has 0 radical (unpaired) electrons. The lowest BCUT2D eigenvalue weighted by atomic mass is 10.1. The molecule has 0 aromatic heterocycles. The monoisotopic (exact) mass is 460 g/mol. The first-order valence-electron chi connectivity index (χ1n) is 9.98. The van der Waals surface area contributed by atoms with Crippen LogP contribution in [0.5, 0.6) is 0 Å². The Kier molecular flexibility index (Phi) is 13.2. The van der Waals surface area contributed by atoms with Crippen molar-refractivity contribution in [1.82, 2.24) is 16.0 Å². The lowest BCUT2D eigenvalue weighted by molar-refractivity contribution is -0.143. The Morgan fingerprint density at radius 2 is 1.44 bits per heavy atom. The predicted octanol–water partition coefficient (Wildman–Crippen LogP) is -3.26. The van der Waals surface area contributed by atoms with Crippen LogP contribution in [0.2, 0.25) is 0 Å². The van der Waals surface area contributed by atoms with Crippen LogP contribution in [0.1, 0.15) is 45.4 Å². The van der Waals surface area contributed by atoms with Gasteiger partial charge in [0, 0.05) is 6.42 Å². The molecule has 182 valence electrons. The molecule has 0 aliphatic rings. The molecule has 0 saturated carbocycles. The molecule has 32 heavy (non-hydrogen) atoms. The molecule has 4 unspecified atom stereocenters. The zero-order valence-corrected chi connectivity index (χ0v) is 17.8. The van der Waals surface area contributed by atoms with E-state index in [1.54, 1.807) is 0 Å². The fourth-order valence-corrected chi connectivity index (χ4v) is 2.53. The summed E-state index contributed by atoms with van der Waals surface area (Å²) in [5, 5.41) is 24.7. The summed E-state index contributed by atoms with van der Waals surface area (Å²) >= 11 is 0.